The average Bonchev–Trinajstić information content (AvgIpc) is 2.54. The summed E-state index contributed by atoms with van der Waals surface area (Å²) in [5.74, 6) is 1.43. The lowest BCUT2D eigenvalue weighted by Gasteiger charge is -2.33. The number of hydrogen-bond acceptors (Lipinski definition) is 2. The molecule has 2 unspecified atom stereocenters. The second-order valence-corrected chi connectivity index (χ2v) is 7.07. The van der Waals surface area contributed by atoms with Gasteiger partial charge in [0.25, 0.3) is 0 Å². The number of nitrogens with zero attached hydrogens (tertiary/aromatic N) is 1. The molecule has 0 bridgehead atoms. The fraction of sp³-hybridized carbons (Fsp3) is 0.632. The third-order valence-corrected chi connectivity index (χ3v) is 5.29. The van der Waals surface area contributed by atoms with E-state index < -0.39 is 0 Å². The van der Waals surface area contributed by atoms with Crippen molar-refractivity contribution >= 4 is 11.6 Å². The van der Waals surface area contributed by atoms with E-state index in [1.807, 2.05) is 4.90 Å². The molecule has 0 aliphatic carbocycles. The molecule has 2 atom stereocenters. The van der Waals surface area contributed by atoms with Crippen molar-refractivity contribution < 1.29 is 4.79 Å². The van der Waals surface area contributed by atoms with Crippen molar-refractivity contribution in [2.45, 2.75) is 46.0 Å². The van der Waals surface area contributed by atoms with Gasteiger partial charge in [0.05, 0.1) is 0 Å². The Hall–Kier alpha value is -1.35. The number of nitrogens with one attached hydrogen (secondary N) is 1. The van der Waals surface area contributed by atoms with Gasteiger partial charge in [-0.2, -0.15) is 0 Å². The van der Waals surface area contributed by atoms with E-state index in [-0.39, 0.29) is 0 Å². The number of fused-ring (bicyclic) bond motifs is 1. The van der Waals surface area contributed by atoms with Crippen LogP contribution >= 0.6 is 0 Å². The Kier molecular flexibility index (Phi) is 4.82. The SMILES string of the molecule is Cc1ccc2c(c1)CCCN2C(=O)CC(C)C1CCCNC1. The molecule has 3 rings (SSSR count). The van der Waals surface area contributed by atoms with Gasteiger partial charge in [-0.3, -0.25) is 4.79 Å². The molecule has 2 heterocycles. The first kappa shape index (κ1) is 15.5. The van der Waals surface area contributed by atoms with Gasteiger partial charge in [-0.1, -0.05) is 24.6 Å². The first-order valence-corrected chi connectivity index (χ1v) is 8.76. The van der Waals surface area contributed by atoms with Crippen molar-refractivity contribution in [3.63, 3.8) is 0 Å². The molecule has 1 N–H and O–H groups in total. The second-order valence-electron chi connectivity index (χ2n) is 7.07. The summed E-state index contributed by atoms with van der Waals surface area (Å²) in [6.45, 7) is 7.46. The van der Waals surface area contributed by atoms with Crippen LogP contribution in [0, 0.1) is 18.8 Å². The van der Waals surface area contributed by atoms with E-state index in [0.717, 1.165) is 38.2 Å². The molecule has 0 spiro atoms. The second kappa shape index (κ2) is 6.82. The lowest BCUT2D eigenvalue weighted by Crippen LogP contribution is -2.39. The Balaban J connectivity index is 1.68. The molecule has 3 nitrogen and oxygen atoms in total. The minimum atomic E-state index is 0.308. The van der Waals surface area contributed by atoms with Crippen molar-refractivity contribution in [3.8, 4) is 0 Å². The molecule has 1 saturated heterocycles. The van der Waals surface area contributed by atoms with E-state index in [0.29, 0.717) is 24.2 Å². The van der Waals surface area contributed by atoms with Crippen LogP contribution in [0.5, 0.6) is 0 Å². The quantitative estimate of drug-likeness (QED) is 0.929. The fourth-order valence-electron chi connectivity index (χ4n) is 3.90. The van der Waals surface area contributed by atoms with E-state index in [4.69, 9.17) is 0 Å². The minimum Gasteiger partial charge on any atom is -0.316 e. The van der Waals surface area contributed by atoms with Gasteiger partial charge in [0.15, 0.2) is 0 Å². The fourth-order valence-corrected chi connectivity index (χ4v) is 3.90. The van der Waals surface area contributed by atoms with E-state index >= 15 is 0 Å². The van der Waals surface area contributed by atoms with E-state index in [1.54, 1.807) is 0 Å². The number of carbonyl (C=O) groups excluding carboxylic acids is 1. The smallest absolute Gasteiger partial charge is 0.227 e. The van der Waals surface area contributed by atoms with E-state index in [2.05, 4.69) is 37.4 Å². The zero-order valence-electron chi connectivity index (χ0n) is 13.9. The summed E-state index contributed by atoms with van der Waals surface area (Å²) < 4.78 is 0. The van der Waals surface area contributed by atoms with Crippen LogP contribution in [0.3, 0.4) is 0 Å². The first-order chi connectivity index (χ1) is 10.6. The predicted molar refractivity (Wildman–Crippen MR) is 91.2 cm³/mol. The number of hydrogen-bond donors (Lipinski definition) is 1. The van der Waals surface area contributed by atoms with Gasteiger partial charge in [0.1, 0.15) is 0 Å². The van der Waals surface area contributed by atoms with Crippen LogP contribution in [0.4, 0.5) is 5.69 Å². The normalized spacial score (nSPS) is 23.0. The summed E-state index contributed by atoms with van der Waals surface area (Å²) in [5, 5.41) is 3.47. The lowest BCUT2D eigenvalue weighted by molar-refractivity contribution is -0.119. The third kappa shape index (κ3) is 3.35. The van der Waals surface area contributed by atoms with Gasteiger partial charge in [0, 0.05) is 18.7 Å². The van der Waals surface area contributed by atoms with E-state index in [9.17, 15) is 4.79 Å². The van der Waals surface area contributed by atoms with Gasteiger partial charge in [0.2, 0.25) is 5.91 Å². The molecule has 1 aromatic carbocycles. The summed E-state index contributed by atoms with van der Waals surface area (Å²) in [7, 11) is 0. The van der Waals surface area contributed by atoms with Gasteiger partial charge < -0.3 is 10.2 Å². The minimum absolute atomic E-state index is 0.308. The maximum atomic E-state index is 12.8. The number of anilines is 1. The molecule has 120 valence electrons. The van der Waals surface area contributed by atoms with Gasteiger partial charge in [-0.25, -0.2) is 0 Å². The number of rotatable bonds is 3. The zero-order valence-corrected chi connectivity index (χ0v) is 13.9. The summed E-state index contributed by atoms with van der Waals surface area (Å²) >= 11 is 0. The summed E-state index contributed by atoms with van der Waals surface area (Å²) in [6, 6.07) is 6.50. The molecule has 0 aromatic heterocycles. The lowest BCUT2D eigenvalue weighted by atomic mass is 9.85. The van der Waals surface area contributed by atoms with Crippen LogP contribution in [0.1, 0.15) is 43.7 Å². The van der Waals surface area contributed by atoms with Crippen LogP contribution in [0.25, 0.3) is 0 Å². The van der Waals surface area contributed by atoms with Crippen molar-refractivity contribution in [2.75, 3.05) is 24.5 Å². The average molecular weight is 300 g/mol. The molecule has 2 aliphatic heterocycles. The van der Waals surface area contributed by atoms with Crippen LogP contribution in [0.15, 0.2) is 18.2 Å². The molecular formula is C19H28N2O. The number of aryl methyl sites for hydroxylation is 2. The van der Waals surface area contributed by atoms with E-state index in [1.165, 1.54) is 24.0 Å². The maximum Gasteiger partial charge on any atom is 0.227 e. The summed E-state index contributed by atoms with van der Waals surface area (Å²) in [5.41, 5.74) is 3.78. The Morgan fingerprint density at radius 2 is 2.27 bits per heavy atom. The topological polar surface area (TPSA) is 32.3 Å². The molecule has 1 amide bonds. The third-order valence-electron chi connectivity index (χ3n) is 5.29. The molecule has 0 saturated carbocycles. The van der Waals surface area contributed by atoms with Crippen molar-refractivity contribution in [3.05, 3.63) is 29.3 Å². The Labute approximate surface area is 134 Å². The number of benzene rings is 1. The number of amides is 1. The highest BCUT2D eigenvalue weighted by Crippen LogP contribution is 2.30. The Morgan fingerprint density at radius 1 is 1.41 bits per heavy atom. The summed E-state index contributed by atoms with van der Waals surface area (Å²) in [4.78, 5) is 14.8. The molecule has 22 heavy (non-hydrogen) atoms. The Morgan fingerprint density at radius 3 is 3.05 bits per heavy atom. The molecule has 1 fully saturated rings. The number of piperidine rings is 1. The van der Waals surface area contributed by atoms with Crippen LogP contribution in [-0.4, -0.2) is 25.5 Å². The molecular weight excluding hydrogens is 272 g/mol. The first-order valence-electron chi connectivity index (χ1n) is 8.76. The van der Waals surface area contributed by atoms with Crippen molar-refractivity contribution in [1.82, 2.24) is 5.32 Å². The van der Waals surface area contributed by atoms with Crippen molar-refractivity contribution in [1.29, 1.82) is 0 Å². The largest absolute Gasteiger partial charge is 0.316 e. The van der Waals surface area contributed by atoms with Gasteiger partial charge in [-0.15, -0.1) is 0 Å². The van der Waals surface area contributed by atoms with Gasteiger partial charge in [-0.05, 0) is 69.2 Å². The van der Waals surface area contributed by atoms with Crippen molar-refractivity contribution in [2.24, 2.45) is 11.8 Å². The summed E-state index contributed by atoms with van der Waals surface area (Å²) in [6.07, 6.45) is 5.37. The zero-order chi connectivity index (χ0) is 15.5. The predicted octanol–water partition coefficient (Wildman–Crippen LogP) is 3.30. The molecule has 1 aromatic rings. The molecule has 3 heteroatoms. The standard InChI is InChI=1S/C19H28N2O/c1-14-7-8-18-16(11-14)6-4-10-21(18)19(22)12-15(2)17-5-3-9-20-13-17/h7-8,11,15,17,20H,3-6,9-10,12-13H2,1-2H3. The molecule has 0 radical (unpaired) electrons. The Bertz CT molecular complexity index is 534. The maximum absolute atomic E-state index is 12.8. The highest BCUT2D eigenvalue weighted by atomic mass is 16.2. The highest BCUT2D eigenvalue weighted by Gasteiger charge is 2.27. The molecule has 2 aliphatic rings. The number of carbonyl (C=O) groups is 1. The highest BCUT2D eigenvalue weighted by molar-refractivity contribution is 5.94. The van der Waals surface area contributed by atoms with Crippen LogP contribution in [0.2, 0.25) is 0 Å². The van der Waals surface area contributed by atoms with Crippen LogP contribution < -0.4 is 10.2 Å². The van der Waals surface area contributed by atoms with Crippen LogP contribution in [-0.2, 0) is 11.2 Å². The monoisotopic (exact) mass is 300 g/mol. The van der Waals surface area contributed by atoms with Gasteiger partial charge >= 0.3 is 0 Å².